The fraction of sp³-hybridized carbons (Fsp3) is 0.304. The number of aromatic nitrogens is 2. The molecule has 0 unspecified atom stereocenters. The Bertz CT molecular complexity index is 998. The molecule has 0 bridgehead atoms. The van der Waals surface area contributed by atoms with E-state index >= 15 is 0 Å². The minimum absolute atomic E-state index is 0.0340. The van der Waals surface area contributed by atoms with Crippen LogP contribution in [0.4, 0.5) is 0 Å². The number of benzene rings is 1. The van der Waals surface area contributed by atoms with Crippen molar-refractivity contribution >= 4 is 23.0 Å². The molecule has 0 saturated carbocycles. The Morgan fingerprint density at radius 2 is 1.97 bits per heavy atom. The highest BCUT2D eigenvalue weighted by molar-refractivity contribution is 5.90. The molecular formula is C23H28N4O2. The van der Waals surface area contributed by atoms with E-state index in [-0.39, 0.29) is 5.41 Å². The maximum Gasteiger partial charge on any atom is 0.267 e. The van der Waals surface area contributed by atoms with Crippen molar-refractivity contribution in [2.75, 3.05) is 6.54 Å². The van der Waals surface area contributed by atoms with Crippen molar-refractivity contribution in [3.8, 4) is 0 Å². The number of nitrogens with zero attached hydrogens (tertiary/aromatic N) is 1. The van der Waals surface area contributed by atoms with Crippen LogP contribution >= 0.6 is 0 Å². The first kappa shape index (κ1) is 20.8. The lowest BCUT2D eigenvalue weighted by atomic mass is 9.88. The molecule has 2 aromatic heterocycles. The summed E-state index contributed by atoms with van der Waals surface area (Å²) in [6, 6.07) is 12.1. The van der Waals surface area contributed by atoms with Crippen LogP contribution < -0.4 is 10.8 Å². The SMILES string of the molecule is CC(C)(C)c1[nH]c2ncccc2c1CCNCc1ccc(/C=C/C(=O)NO)cc1. The maximum absolute atomic E-state index is 11.0. The Morgan fingerprint density at radius 1 is 1.21 bits per heavy atom. The molecule has 0 fully saturated rings. The van der Waals surface area contributed by atoms with E-state index in [1.807, 2.05) is 36.5 Å². The van der Waals surface area contributed by atoms with Gasteiger partial charge in [-0.05, 0) is 47.9 Å². The molecule has 1 aromatic carbocycles. The number of rotatable bonds is 7. The molecular weight excluding hydrogens is 364 g/mol. The van der Waals surface area contributed by atoms with Gasteiger partial charge in [-0.3, -0.25) is 10.0 Å². The largest absolute Gasteiger partial charge is 0.343 e. The number of H-pyrrole nitrogens is 1. The van der Waals surface area contributed by atoms with Crippen LogP contribution in [0.1, 0.15) is 43.2 Å². The van der Waals surface area contributed by atoms with Gasteiger partial charge < -0.3 is 10.3 Å². The number of hydrogen-bond donors (Lipinski definition) is 4. The van der Waals surface area contributed by atoms with Gasteiger partial charge in [0.25, 0.3) is 5.91 Å². The summed E-state index contributed by atoms with van der Waals surface area (Å²) in [5.41, 5.74) is 7.21. The van der Waals surface area contributed by atoms with Gasteiger partial charge in [0.05, 0.1) is 0 Å². The lowest BCUT2D eigenvalue weighted by molar-refractivity contribution is -0.124. The maximum atomic E-state index is 11.0. The fourth-order valence-corrected chi connectivity index (χ4v) is 3.38. The quantitative estimate of drug-likeness (QED) is 0.214. The molecule has 0 spiro atoms. The number of hydroxylamine groups is 1. The highest BCUT2D eigenvalue weighted by atomic mass is 16.5. The number of pyridine rings is 1. The molecule has 0 aliphatic carbocycles. The van der Waals surface area contributed by atoms with E-state index in [2.05, 4.69) is 42.1 Å². The standard InChI is InChI=1S/C23H28N4O2/c1-23(2,3)21-18(19-5-4-13-25-22(19)26-21)12-14-24-15-17-8-6-16(7-9-17)10-11-20(28)27-29/h4-11,13,24,29H,12,14-15H2,1-3H3,(H,25,26)(H,27,28)/b11-10+. The van der Waals surface area contributed by atoms with Gasteiger partial charge in [-0.25, -0.2) is 10.5 Å². The highest BCUT2D eigenvalue weighted by Gasteiger charge is 2.22. The number of fused-ring (bicyclic) bond motifs is 1. The first-order chi connectivity index (χ1) is 13.9. The van der Waals surface area contributed by atoms with Gasteiger partial charge >= 0.3 is 0 Å². The molecule has 6 nitrogen and oxygen atoms in total. The summed E-state index contributed by atoms with van der Waals surface area (Å²) in [4.78, 5) is 19.0. The summed E-state index contributed by atoms with van der Waals surface area (Å²) in [5.74, 6) is -0.544. The first-order valence-corrected chi connectivity index (χ1v) is 9.76. The molecule has 2 heterocycles. The second-order valence-corrected chi connectivity index (χ2v) is 8.11. The van der Waals surface area contributed by atoms with Crippen molar-refractivity contribution in [2.24, 2.45) is 0 Å². The van der Waals surface area contributed by atoms with E-state index in [0.29, 0.717) is 0 Å². The van der Waals surface area contributed by atoms with Crippen molar-refractivity contribution in [1.82, 2.24) is 20.8 Å². The van der Waals surface area contributed by atoms with Crippen LogP contribution in [0.3, 0.4) is 0 Å². The number of aromatic amines is 1. The number of carbonyl (C=O) groups excluding carboxylic acids is 1. The fourth-order valence-electron chi connectivity index (χ4n) is 3.38. The summed E-state index contributed by atoms with van der Waals surface area (Å²) in [7, 11) is 0. The summed E-state index contributed by atoms with van der Waals surface area (Å²) in [5, 5.41) is 13.2. The van der Waals surface area contributed by atoms with Crippen molar-refractivity contribution in [3.63, 3.8) is 0 Å². The molecule has 1 amide bonds. The van der Waals surface area contributed by atoms with E-state index in [1.165, 1.54) is 28.3 Å². The van der Waals surface area contributed by atoms with Crippen LogP contribution in [0, 0.1) is 0 Å². The normalized spacial score (nSPS) is 12.0. The smallest absolute Gasteiger partial charge is 0.267 e. The third-order valence-corrected chi connectivity index (χ3v) is 4.83. The molecule has 3 rings (SSSR count). The zero-order chi connectivity index (χ0) is 20.9. The molecule has 0 aliphatic rings. The highest BCUT2D eigenvalue weighted by Crippen LogP contribution is 2.30. The Kier molecular flexibility index (Phi) is 6.46. The molecule has 0 aliphatic heterocycles. The lowest BCUT2D eigenvalue weighted by Gasteiger charge is -2.19. The number of amides is 1. The van der Waals surface area contributed by atoms with Gasteiger partial charge in [0, 0.05) is 35.3 Å². The average molecular weight is 393 g/mol. The Labute approximate surface area is 171 Å². The zero-order valence-electron chi connectivity index (χ0n) is 17.1. The third-order valence-electron chi connectivity index (χ3n) is 4.83. The van der Waals surface area contributed by atoms with Crippen molar-refractivity contribution < 1.29 is 10.0 Å². The molecule has 0 radical (unpaired) electrons. The number of nitrogens with one attached hydrogen (secondary N) is 3. The van der Waals surface area contributed by atoms with Gasteiger partial charge in [-0.1, -0.05) is 45.0 Å². The molecule has 6 heteroatoms. The topological polar surface area (TPSA) is 90.0 Å². The van der Waals surface area contributed by atoms with Crippen LogP contribution in [0.2, 0.25) is 0 Å². The molecule has 0 atom stereocenters. The Balaban J connectivity index is 1.60. The first-order valence-electron chi connectivity index (χ1n) is 9.76. The second kappa shape index (κ2) is 9.03. The van der Waals surface area contributed by atoms with Gasteiger partial charge in [-0.15, -0.1) is 0 Å². The van der Waals surface area contributed by atoms with Crippen molar-refractivity contribution in [2.45, 2.75) is 39.2 Å². The predicted molar refractivity (Wildman–Crippen MR) is 116 cm³/mol. The number of hydrogen-bond acceptors (Lipinski definition) is 4. The van der Waals surface area contributed by atoms with Crippen LogP contribution in [0.15, 0.2) is 48.7 Å². The minimum atomic E-state index is -0.544. The van der Waals surface area contributed by atoms with Gasteiger partial charge in [0.1, 0.15) is 5.65 Å². The van der Waals surface area contributed by atoms with E-state index in [1.54, 1.807) is 11.6 Å². The molecule has 29 heavy (non-hydrogen) atoms. The summed E-state index contributed by atoms with van der Waals surface area (Å²) in [6.07, 6.45) is 5.69. The summed E-state index contributed by atoms with van der Waals surface area (Å²) >= 11 is 0. The Hall–Kier alpha value is -2.96. The van der Waals surface area contributed by atoms with Crippen LogP contribution in [-0.4, -0.2) is 27.6 Å². The van der Waals surface area contributed by atoms with Crippen LogP contribution in [0.5, 0.6) is 0 Å². The molecule has 152 valence electrons. The van der Waals surface area contributed by atoms with E-state index in [4.69, 9.17) is 5.21 Å². The third kappa shape index (κ3) is 5.31. The zero-order valence-corrected chi connectivity index (χ0v) is 17.1. The van der Waals surface area contributed by atoms with E-state index in [9.17, 15) is 4.79 Å². The van der Waals surface area contributed by atoms with Crippen molar-refractivity contribution in [3.05, 3.63) is 71.1 Å². The van der Waals surface area contributed by atoms with Crippen molar-refractivity contribution in [1.29, 1.82) is 0 Å². The van der Waals surface area contributed by atoms with Gasteiger partial charge in [-0.2, -0.15) is 0 Å². The molecule has 4 N–H and O–H groups in total. The number of carbonyl (C=O) groups is 1. The monoisotopic (exact) mass is 392 g/mol. The van der Waals surface area contributed by atoms with Gasteiger partial charge in [0.15, 0.2) is 0 Å². The average Bonchev–Trinajstić information content (AvgIpc) is 3.09. The molecule has 0 saturated heterocycles. The minimum Gasteiger partial charge on any atom is -0.343 e. The van der Waals surface area contributed by atoms with Gasteiger partial charge in [0.2, 0.25) is 0 Å². The van der Waals surface area contributed by atoms with E-state index < -0.39 is 5.91 Å². The Morgan fingerprint density at radius 3 is 2.66 bits per heavy atom. The summed E-state index contributed by atoms with van der Waals surface area (Å²) in [6.45, 7) is 8.29. The van der Waals surface area contributed by atoms with Crippen LogP contribution in [0.25, 0.3) is 17.1 Å². The summed E-state index contributed by atoms with van der Waals surface area (Å²) < 4.78 is 0. The van der Waals surface area contributed by atoms with E-state index in [0.717, 1.165) is 30.7 Å². The van der Waals surface area contributed by atoms with Crippen LogP contribution in [-0.2, 0) is 23.2 Å². The molecule has 3 aromatic rings. The predicted octanol–water partition coefficient (Wildman–Crippen LogP) is 3.71. The lowest BCUT2D eigenvalue weighted by Crippen LogP contribution is -2.19. The second-order valence-electron chi connectivity index (χ2n) is 8.11.